The van der Waals surface area contributed by atoms with Crippen molar-refractivity contribution in [3.05, 3.63) is 34.5 Å². The standard InChI is InChI=1S/C18H23ClN2O/c1-2-3-4-9-20-18(22)12-5-7-16-14(10-12)15-11-13(19)6-8-17(15)21-16/h6,8,11-12,21H,2-5,7,9-10H2,1H3,(H,20,22). The molecule has 1 heterocycles. The summed E-state index contributed by atoms with van der Waals surface area (Å²) >= 11 is 6.12. The Hall–Kier alpha value is -1.48. The molecule has 1 atom stereocenters. The van der Waals surface area contributed by atoms with Crippen molar-refractivity contribution < 1.29 is 4.79 Å². The summed E-state index contributed by atoms with van der Waals surface area (Å²) < 4.78 is 0. The maximum absolute atomic E-state index is 12.3. The number of carbonyl (C=O) groups excluding carboxylic acids is 1. The molecule has 0 saturated heterocycles. The number of H-pyrrole nitrogens is 1. The van der Waals surface area contributed by atoms with Crippen LogP contribution in [0.15, 0.2) is 18.2 Å². The first-order chi connectivity index (χ1) is 10.7. The highest BCUT2D eigenvalue weighted by molar-refractivity contribution is 6.31. The average molecular weight is 319 g/mol. The Labute approximate surface area is 136 Å². The van der Waals surface area contributed by atoms with Crippen molar-refractivity contribution in [1.82, 2.24) is 10.3 Å². The third-order valence-corrected chi connectivity index (χ3v) is 4.84. The molecule has 1 amide bonds. The number of rotatable bonds is 5. The molecule has 1 aliphatic carbocycles. The van der Waals surface area contributed by atoms with Crippen molar-refractivity contribution in [1.29, 1.82) is 0 Å². The second-order valence-electron chi connectivity index (χ2n) is 6.21. The van der Waals surface area contributed by atoms with E-state index in [4.69, 9.17) is 11.6 Å². The van der Waals surface area contributed by atoms with E-state index in [9.17, 15) is 4.79 Å². The fourth-order valence-corrected chi connectivity index (χ4v) is 3.52. The quantitative estimate of drug-likeness (QED) is 0.796. The number of hydrogen-bond acceptors (Lipinski definition) is 1. The number of aromatic nitrogens is 1. The van der Waals surface area contributed by atoms with E-state index in [1.807, 2.05) is 18.2 Å². The summed E-state index contributed by atoms with van der Waals surface area (Å²) in [6.07, 6.45) is 6.11. The van der Waals surface area contributed by atoms with Crippen molar-refractivity contribution >= 4 is 28.4 Å². The normalized spacial score (nSPS) is 17.5. The van der Waals surface area contributed by atoms with Crippen LogP contribution in [0, 0.1) is 5.92 Å². The van der Waals surface area contributed by atoms with Gasteiger partial charge in [-0.1, -0.05) is 31.4 Å². The molecule has 1 aromatic carbocycles. The lowest BCUT2D eigenvalue weighted by atomic mass is 9.86. The molecule has 2 aromatic rings. The molecule has 0 bridgehead atoms. The van der Waals surface area contributed by atoms with Crippen molar-refractivity contribution in [2.75, 3.05) is 6.54 Å². The van der Waals surface area contributed by atoms with Gasteiger partial charge in [0.2, 0.25) is 5.91 Å². The Bertz CT molecular complexity index is 677. The van der Waals surface area contributed by atoms with Crippen molar-refractivity contribution in [3.8, 4) is 0 Å². The van der Waals surface area contributed by atoms with Crippen LogP contribution in [0.1, 0.15) is 43.9 Å². The molecule has 3 rings (SSSR count). The molecular weight excluding hydrogens is 296 g/mol. The molecule has 2 N–H and O–H groups in total. The number of halogens is 1. The third kappa shape index (κ3) is 3.14. The first-order valence-corrected chi connectivity index (χ1v) is 8.63. The van der Waals surface area contributed by atoms with E-state index in [1.165, 1.54) is 29.5 Å². The smallest absolute Gasteiger partial charge is 0.223 e. The van der Waals surface area contributed by atoms with Gasteiger partial charge in [-0.2, -0.15) is 0 Å². The second-order valence-corrected chi connectivity index (χ2v) is 6.65. The van der Waals surface area contributed by atoms with E-state index in [1.54, 1.807) is 0 Å². The lowest BCUT2D eigenvalue weighted by molar-refractivity contribution is -0.125. The van der Waals surface area contributed by atoms with Gasteiger partial charge >= 0.3 is 0 Å². The zero-order valence-corrected chi connectivity index (χ0v) is 13.8. The van der Waals surface area contributed by atoms with Crippen LogP contribution in [0.25, 0.3) is 10.9 Å². The minimum Gasteiger partial charge on any atom is -0.358 e. The van der Waals surface area contributed by atoms with Gasteiger partial charge in [0.25, 0.3) is 0 Å². The number of aromatic amines is 1. The molecule has 0 saturated carbocycles. The first kappa shape index (κ1) is 15.4. The Morgan fingerprint density at radius 1 is 1.41 bits per heavy atom. The number of benzene rings is 1. The first-order valence-electron chi connectivity index (χ1n) is 8.25. The van der Waals surface area contributed by atoms with Crippen molar-refractivity contribution in [2.45, 2.75) is 45.4 Å². The number of nitrogens with one attached hydrogen (secondary N) is 2. The second kappa shape index (κ2) is 6.74. The molecule has 22 heavy (non-hydrogen) atoms. The molecule has 1 unspecified atom stereocenters. The molecule has 4 heteroatoms. The molecule has 0 spiro atoms. The molecule has 1 aromatic heterocycles. The van der Waals surface area contributed by atoms with E-state index >= 15 is 0 Å². The van der Waals surface area contributed by atoms with Gasteiger partial charge in [-0.05, 0) is 49.4 Å². The van der Waals surface area contributed by atoms with E-state index < -0.39 is 0 Å². The summed E-state index contributed by atoms with van der Waals surface area (Å²) in [6, 6.07) is 5.94. The van der Waals surface area contributed by atoms with Gasteiger partial charge < -0.3 is 10.3 Å². The fraction of sp³-hybridized carbons (Fsp3) is 0.500. The van der Waals surface area contributed by atoms with E-state index in [2.05, 4.69) is 17.2 Å². The Morgan fingerprint density at radius 2 is 2.27 bits per heavy atom. The Balaban J connectivity index is 1.71. The van der Waals surface area contributed by atoms with Gasteiger partial charge in [-0.25, -0.2) is 0 Å². The van der Waals surface area contributed by atoms with Crippen LogP contribution in [-0.4, -0.2) is 17.4 Å². The minimum absolute atomic E-state index is 0.0899. The molecular formula is C18H23ClN2O. The summed E-state index contributed by atoms with van der Waals surface area (Å²) in [5.74, 6) is 0.297. The zero-order valence-electron chi connectivity index (χ0n) is 13.0. The van der Waals surface area contributed by atoms with Gasteiger partial charge in [0.15, 0.2) is 0 Å². The SMILES string of the molecule is CCCCCNC(=O)C1CCc2[nH]c3ccc(Cl)cc3c2C1. The van der Waals surface area contributed by atoms with Crippen molar-refractivity contribution in [2.24, 2.45) is 5.92 Å². The number of fused-ring (bicyclic) bond motifs is 3. The number of amides is 1. The van der Waals surface area contributed by atoms with E-state index in [0.29, 0.717) is 0 Å². The molecule has 0 fully saturated rings. The summed E-state index contributed by atoms with van der Waals surface area (Å²) in [6.45, 7) is 2.97. The lowest BCUT2D eigenvalue weighted by Crippen LogP contribution is -2.34. The van der Waals surface area contributed by atoms with Gasteiger partial charge in [0.1, 0.15) is 0 Å². The Kier molecular flexibility index (Phi) is 4.72. The molecule has 1 aliphatic rings. The fourth-order valence-electron chi connectivity index (χ4n) is 3.34. The predicted octanol–water partition coefficient (Wildman–Crippen LogP) is 4.23. The number of hydrogen-bond donors (Lipinski definition) is 2. The zero-order chi connectivity index (χ0) is 15.5. The number of unbranched alkanes of at least 4 members (excludes halogenated alkanes) is 2. The summed E-state index contributed by atoms with van der Waals surface area (Å²) in [5.41, 5.74) is 3.67. The van der Waals surface area contributed by atoms with E-state index in [-0.39, 0.29) is 11.8 Å². The van der Waals surface area contributed by atoms with Crippen molar-refractivity contribution in [3.63, 3.8) is 0 Å². The van der Waals surface area contributed by atoms with Crippen LogP contribution < -0.4 is 5.32 Å². The van der Waals surface area contributed by atoms with Gasteiger partial charge in [0, 0.05) is 34.1 Å². The highest BCUT2D eigenvalue weighted by Gasteiger charge is 2.27. The van der Waals surface area contributed by atoms with Crippen LogP contribution >= 0.6 is 11.6 Å². The summed E-state index contributed by atoms with van der Waals surface area (Å²) in [7, 11) is 0. The topological polar surface area (TPSA) is 44.9 Å². The van der Waals surface area contributed by atoms with Crippen LogP contribution in [0.4, 0.5) is 0 Å². The highest BCUT2D eigenvalue weighted by Crippen LogP contribution is 2.33. The maximum Gasteiger partial charge on any atom is 0.223 e. The van der Waals surface area contributed by atoms with Crippen LogP contribution in [-0.2, 0) is 17.6 Å². The van der Waals surface area contributed by atoms with Crippen LogP contribution in [0.2, 0.25) is 5.02 Å². The number of aryl methyl sites for hydroxylation is 1. The average Bonchev–Trinajstić information content (AvgIpc) is 2.88. The van der Waals surface area contributed by atoms with Gasteiger partial charge in [0.05, 0.1) is 0 Å². The monoisotopic (exact) mass is 318 g/mol. The molecule has 3 nitrogen and oxygen atoms in total. The van der Waals surface area contributed by atoms with Gasteiger partial charge in [-0.3, -0.25) is 4.79 Å². The summed E-state index contributed by atoms with van der Waals surface area (Å²) in [5, 5.41) is 5.02. The number of carbonyl (C=O) groups is 1. The van der Waals surface area contributed by atoms with Crippen LogP contribution in [0.5, 0.6) is 0 Å². The molecule has 0 radical (unpaired) electrons. The van der Waals surface area contributed by atoms with Crippen LogP contribution in [0.3, 0.4) is 0 Å². The lowest BCUT2D eigenvalue weighted by Gasteiger charge is -2.21. The Morgan fingerprint density at radius 3 is 3.09 bits per heavy atom. The van der Waals surface area contributed by atoms with Gasteiger partial charge in [-0.15, -0.1) is 0 Å². The molecule has 118 valence electrons. The maximum atomic E-state index is 12.3. The largest absolute Gasteiger partial charge is 0.358 e. The third-order valence-electron chi connectivity index (χ3n) is 4.60. The minimum atomic E-state index is 0.0899. The highest BCUT2D eigenvalue weighted by atomic mass is 35.5. The van der Waals surface area contributed by atoms with E-state index in [0.717, 1.165) is 42.8 Å². The summed E-state index contributed by atoms with van der Waals surface area (Å²) in [4.78, 5) is 15.8. The predicted molar refractivity (Wildman–Crippen MR) is 91.4 cm³/mol. The molecule has 0 aliphatic heterocycles.